The highest BCUT2D eigenvalue weighted by atomic mass is 32.2. The second-order valence-electron chi connectivity index (χ2n) is 7.46. The van der Waals surface area contributed by atoms with Crippen molar-refractivity contribution in [3.05, 3.63) is 69.8 Å². The van der Waals surface area contributed by atoms with E-state index in [-0.39, 0.29) is 23.4 Å². The van der Waals surface area contributed by atoms with Gasteiger partial charge in [0.1, 0.15) is 0 Å². The molecule has 0 unspecified atom stereocenters. The van der Waals surface area contributed by atoms with Crippen molar-refractivity contribution in [1.82, 2.24) is 10.0 Å². The van der Waals surface area contributed by atoms with E-state index in [0.717, 1.165) is 11.3 Å². The van der Waals surface area contributed by atoms with Gasteiger partial charge in [-0.3, -0.25) is 14.9 Å². The highest BCUT2D eigenvalue weighted by molar-refractivity contribution is 7.88. The number of sulfonamides is 1. The van der Waals surface area contributed by atoms with Gasteiger partial charge in [-0.05, 0) is 43.5 Å². The Morgan fingerprint density at radius 2 is 1.65 bits per heavy atom. The van der Waals surface area contributed by atoms with Crippen LogP contribution in [0.15, 0.2) is 48.5 Å². The van der Waals surface area contributed by atoms with Gasteiger partial charge >= 0.3 is 0 Å². The Balaban J connectivity index is 1.68. The molecule has 0 spiro atoms. The summed E-state index contributed by atoms with van der Waals surface area (Å²) < 4.78 is 26.5. The zero-order chi connectivity index (χ0) is 22.9. The lowest BCUT2D eigenvalue weighted by molar-refractivity contribution is -0.384. The minimum absolute atomic E-state index is 0.0341. The Kier molecular flexibility index (Phi) is 8.95. The van der Waals surface area contributed by atoms with E-state index in [1.54, 1.807) is 50.2 Å². The third kappa shape index (κ3) is 9.14. The Labute approximate surface area is 182 Å². The van der Waals surface area contributed by atoms with Gasteiger partial charge in [0.05, 0.1) is 10.7 Å². The summed E-state index contributed by atoms with van der Waals surface area (Å²) in [7, 11) is -3.37. The molecule has 3 N–H and O–H groups in total. The van der Waals surface area contributed by atoms with Crippen molar-refractivity contribution in [2.45, 2.75) is 45.0 Å². The van der Waals surface area contributed by atoms with Crippen LogP contribution in [0.1, 0.15) is 37.8 Å². The van der Waals surface area contributed by atoms with Crippen LogP contribution >= 0.6 is 0 Å². The summed E-state index contributed by atoms with van der Waals surface area (Å²) in [6.45, 7) is 4.48. The summed E-state index contributed by atoms with van der Waals surface area (Å²) >= 11 is 0. The number of non-ortho nitro benzene ring substituents is 1. The monoisotopic (exact) mass is 448 g/mol. The van der Waals surface area contributed by atoms with E-state index in [9.17, 15) is 23.3 Å². The molecule has 0 aliphatic rings. The molecular weight excluding hydrogens is 420 g/mol. The number of hydrogen-bond acceptors (Lipinski definition) is 6. The maximum absolute atomic E-state index is 12.0. The van der Waals surface area contributed by atoms with Crippen LogP contribution in [0.5, 0.6) is 0 Å². The zero-order valence-electron chi connectivity index (χ0n) is 17.6. The van der Waals surface area contributed by atoms with Crippen molar-refractivity contribution in [3.8, 4) is 0 Å². The Morgan fingerprint density at radius 1 is 1.03 bits per heavy atom. The topological polar surface area (TPSA) is 130 Å². The molecule has 0 saturated carbocycles. The van der Waals surface area contributed by atoms with Crippen LogP contribution in [0.2, 0.25) is 0 Å². The average Bonchev–Trinajstić information content (AvgIpc) is 2.69. The van der Waals surface area contributed by atoms with Crippen LogP contribution in [0, 0.1) is 10.1 Å². The predicted molar refractivity (Wildman–Crippen MR) is 120 cm³/mol. The molecular formula is C21H28N4O5S. The lowest BCUT2D eigenvalue weighted by Crippen LogP contribution is -2.31. The highest BCUT2D eigenvalue weighted by Crippen LogP contribution is 2.15. The lowest BCUT2D eigenvalue weighted by Gasteiger charge is -2.10. The number of nitrogens with one attached hydrogen (secondary N) is 3. The minimum Gasteiger partial charge on any atom is -0.385 e. The van der Waals surface area contributed by atoms with Crippen LogP contribution in [0.4, 0.5) is 11.4 Å². The minimum atomic E-state index is -3.37. The van der Waals surface area contributed by atoms with Gasteiger partial charge in [-0.25, -0.2) is 13.1 Å². The molecule has 0 saturated heterocycles. The SMILES string of the molecule is CC(C)NS(=O)(=O)Cc1ccc(CNC(=O)CCCNc2ccc([N+](=O)[O-])cc2)cc1. The molecule has 2 rings (SSSR count). The van der Waals surface area contributed by atoms with Gasteiger partial charge in [-0.1, -0.05) is 24.3 Å². The quantitative estimate of drug-likeness (QED) is 0.260. The normalized spacial score (nSPS) is 11.3. The van der Waals surface area contributed by atoms with E-state index in [2.05, 4.69) is 15.4 Å². The largest absolute Gasteiger partial charge is 0.385 e. The van der Waals surface area contributed by atoms with Gasteiger partial charge in [0.25, 0.3) is 5.69 Å². The number of nitro groups is 1. The van der Waals surface area contributed by atoms with Crippen molar-refractivity contribution in [1.29, 1.82) is 0 Å². The summed E-state index contributed by atoms with van der Waals surface area (Å²) in [6.07, 6.45) is 0.958. The van der Waals surface area contributed by atoms with Crippen LogP contribution in [-0.2, 0) is 27.1 Å². The molecule has 31 heavy (non-hydrogen) atoms. The number of benzene rings is 2. The van der Waals surface area contributed by atoms with Gasteiger partial charge in [0.2, 0.25) is 15.9 Å². The fraction of sp³-hybridized carbons (Fsp3) is 0.381. The molecule has 0 bridgehead atoms. The van der Waals surface area contributed by atoms with E-state index in [0.29, 0.717) is 31.5 Å². The zero-order valence-corrected chi connectivity index (χ0v) is 18.4. The first-order valence-electron chi connectivity index (χ1n) is 9.97. The number of carbonyl (C=O) groups is 1. The van der Waals surface area contributed by atoms with Gasteiger partial charge < -0.3 is 10.6 Å². The fourth-order valence-electron chi connectivity index (χ4n) is 2.85. The number of nitro benzene ring substituents is 1. The molecule has 0 atom stereocenters. The molecule has 2 aromatic rings. The summed E-state index contributed by atoms with van der Waals surface area (Å²) in [5.74, 6) is -0.169. The van der Waals surface area contributed by atoms with Crippen molar-refractivity contribution >= 4 is 27.3 Å². The number of nitrogens with zero attached hydrogens (tertiary/aromatic N) is 1. The van der Waals surface area contributed by atoms with E-state index in [1.807, 2.05) is 0 Å². The lowest BCUT2D eigenvalue weighted by atomic mass is 10.1. The Bertz CT molecular complexity index is 974. The van der Waals surface area contributed by atoms with E-state index in [1.165, 1.54) is 12.1 Å². The maximum atomic E-state index is 12.0. The van der Waals surface area contributed by atoms with Crippen LogP contribution in [0.25, 0.3) is 0 Å². The van der Waals surface area contributed by atoms with Crippen molar-refractivity contribution in [3.63, 3.8) is 0 Å². The predicted octanol–water partition coefficient (Wildman–Crippen LogP) is 2.93. The van der Waals surface area contributed by atoms with Crippen LogP contribution < -0.4 is 15.4 Å². The van der Waals surface area contributed by atoms with Gasteiger partial charge in [-0.15, -0.1) is 0 Å². The average molecular weight is 449 g/mol. The number of rotatable bonds is 12. The van der Waals surface area contributed by atoms with E-state index >= 15 is 0 Å². The highest BCUT2D eigenvalue weighted by Gasteiger charge is 2.12. The number of hydrogen-bond donors (Lipinski definition) is 3. The first kappa shape index (κ1) is 24.3. The first-order chi connectivity index (χ1) is 14.6. The molecule has 10 heteroatoms. The second-order valence-corrected chi connectivity index (χ2v) is 9.21. The first-order valence-corrected chi connectivity index (χ1v) is 11.6. The van der Waals surface area contributed by atoms with Crippen molar-refractivity contribution < 1.29 is 18.1 Å². The maximum Gasteiger partial charge on any atom is 0.269 e. The third-order valence-electron chi connectivity index (χ3n) is 4.27. The van der Waals surface area contributed by atoms with Crippen LogP contribution in [-0.4, -0.2) is 31.8 Å². The van der Waals surface area contributed by atoms with Crippen molar-refractivity contribution in [2.24, 2.45) is 0 Å². The number of amides is 1. The standard InChI is InChI=1S/C21H28N4O5S/c1-16(2)24-31(29,30)15-18-7-5-17(6-8-18)14-23-21(26)4-3-13-22-19-9-11-20(12-10-19)25(27)28/h5-12,16,22,24H,3-4,13-15H2,1-2H3,(H,23,26). The molecule has 2 aromatic carbocycles. The van der Waals surface area contributed by atoms with Gasteiger partial charge in [0.15, 0.2) is 0 Å². The molecule has 0 radical (unpaired) electrons. The Hall–Kier alpha value is -2.98. The fourth-order valence-corrected chi connectivity index (χ4v) is 4.28. The molecule has 0 aliphatic heterocycles. The summed E-state index contributed by atoms with van der Waals surface area (Å²) in [4.78, 5) is 22.2. The molecule has 0 aliphatic carbocycles. The van der Waals surface area contributed by atoms with E-state index in [4.69, 9.17) is 0 Å². The van der Waals surface area contributed by atoms with Gasteiger partial charge in [-0.2, -0.15) is 0 Å². The molecule has 0 fully saturated rings. The molecule has 1 amide bonds. The molecule has 168 valence electrons. The summed E-state index contributed by atoms with van der Waals surface area (Å²) in [6, 6.07) is 13.1. The number of carbonyl (C=O) groups excluding carboxylic acids is 1. The second kappa shape index (κ2) is 11.4. The molecule has 0 heterocycles. The summed E-state index contributed by atoms with van der Waals surface area (Å²) in [5.41, 5.74) is 2.36. The van der Waals surface area contributed by atoms with Crippen LogP contribution in [0.3, 0.4) is 0 Å². The third-order valence-corrected chi connectivity index (χ3v) is 5.82. The summed E-state index contributed by atoms with van der Waals surface area (Å²) in [5, 5.41) is 16.6. The molecule has 9 nitrogen and oxygen atoms in total. The smallest absolute Gasteiger partial charge is 0.269 e. The Morgan fingerprint density at radius 3 is 2.23 bits per heavy atom. The molecule has 0 aromatic heterocycles. The van der Waals surface area contributed by atoms with E-state index < -0.39 is 14.9 Å². The number of anilines is 1. The van der Waals surface area contributed by atoms with Crippen molar-refractivity contribution in [2.75, 3.05) is 11.9 Å². The van der Waals surface area contributed by atoms with Gasteiger partial charge in [0, 0.05) is 43.4 Å².